The first-order valence-corrected chi connectivity index (χ1v) is 12.3. The summed E-state index contributed by atoms with van der Waals surface area (Å²) in [7, 11) is 0. The first-order chi connectivity index (χ1) is 16.9. The molecule has 0 aliphatic rings. The van der Waals surface area contributed by atoms with Gasteiger partial charge in [-0.2, -0.15) is 0 Å². The van der Waals surface area contributed by atoms with Gasteiger partial charge in [0.05, 0.1) is 6.61 Å². The van der Waals surface area contributed by atoms with Gasteiger partial charge in [0.1, 0.15) is 12.1 Å². The van der Waals surface area contributed by atoms with Crippen LogP contribution in [0.5, 0.6) is 11.5 Å². The van der Waals surface area contributed by atoms with Gasteiger partial charge in [-0.3, -0.25) is 14.4 Å². The molecule has 0 heterocycles. The molecule has 1 aromatic carbocycles. The van der Waals surface area contributed by atoms with Crippen molar-refractivity contribution in [2.45, 2.75) is 85.3 Å². The monoisotopic (exact) mass is 509 g/mol. The van der Waals surface area contributed by atoms with Gasteiger partial charge in [-0.25, -0.2) is 4.79 Å². The highest BCUT2D eigenvalue weighted by atomic mass is 16.7. The molecule has 0 saturated heterocycles. The number of ether oxygens (including phenoxy) is 4. The third-order valence-corrected chi connectivity index (χ3v) is 5.68. The molecular formula is C26H39NO9. The van der Waals surface area contributed by atoms with Crippen molar-refractivity contribution in [1.82, 2.24) is 0 Å². The predicted octanol–water partition coefficient (Wildman–Crippen LogP) is 4.43. The Balaban J connectivity index is 3.26. The van der Waals surface area contributed by atoms with E-state index in [9.17, 15) is 24.3 Å². The van der Waals surface area contributed by atoms with E-state index in [0.717, 1.165) is 0 Å². The minimum absolute atomic E-state index is 0.0173. The maximum atomic E-state index is 12.2. The third-order valence-electron chi connectivity index (χ3n) is 5.68. The number of carboxylic acid groups (broad SMARTS) is 1. The van der Waals surface area contributed by atoms with E-state index >= 15 is 0 Å². The van der Waals surface area contributed by atoms with Crippen LogP contribution < -0.4 is 15.2 Å². The number of carboxylic acids is 1. The number of esters is 2. The summed E-state index contributed by atoms with van der Waals surface area (Å²) in [5.74, 6) is -3.54. The first kappa shape index (κ1) is 30.9. The number of hydrogen-bond donors (Lipinski definition) is 2. The lowest BCUT2D eigenvalue weighted by molar-refractivity contribution is -0.139. The van der Waals surface area contributed by atoms with E-state index in [4.69, 9.17) is 24.7 Å². The quantitative estimate of drug-likeness (QED) is 0.272. The third kappa shape index (κ3) is 9.85. The average Bonchev–Trinajstić information content (AvgIpc) is 2.79. The Morgan fingerprint density at radius 2 is 1.47 bits per heavy atom. The molecule has 3 N–H and O–H groups in total. The molecule has 1 aromatic rings. The number of carbonyl (C=O) groups excluding carboxylic acids is 3. The molecule has 202 valence electrons. The molecule has 0 amide bonds. The van der Waals surface area contributed by atoms with Crippen LogP contribution >= 0.6 is 0 Å². The largest absolute Gasteiger partial charge is 0.508 e. The highest BCUT2D eigenvalue weighted by molar-refractivity contribution is 5.77. The summed E-state index contributed by atoms with van der Waals surface area (Å²) in [6.45, 7) is 10.7. The molecule has 0 saturated carbocycles. The Hall–Kier alpha value is -3.14. The molecule has 0 radical (unpaired) electrons. The molecule has 1 rings (SSSR count). The average molecular weight is 510 g/mol. The number of carbonyl (C=O) groups is 4. The molecule has 36 heavy (non-hydrogen) atoms. The Labute approximate surface area is 212 Å². The van der Waals surface area contributed by atoms with E-state index in [1.54, 1.807) is 19.9 Å². The highest BCUT2D eigenvalue weighted by Crippen LogP contribution is 2.36. The Bertz CT molecular complexity index is 899. The molecule has 0 aliphatic heterocycles. The van der Waals surface area contributed by atoms with Crippen LogP contribution in [0.3, 0.4) is 0 Å². The zero-order chi connectivity index (χ0) is 27.4. The summed E-state index contributed by atoms with van der Waals surface area (Å²) in [4.78, 5) is 48.1. The van der Waals surface area contributed by atoms with Gasteiger partial charge in [-0.15, -0.1) is 0 Å². The molecule has 10 heteroatoms. The first-order valence-electron chi connectivity index (χ1n) is 12.3. The molecule has 4 atom stereocenters. The summed E-state index contributed by atoms with van der Waals surface area (Å²) >= 11 is 0. The van der Waals surface area contributed by atoms with Gasteiger partial charge in [0.2, 0.25) is 0 Å². The molecule has 0 bridgehead atoms. The van der Waals surface area contributed by atoms with E-state index < -0.39 is 41.9 Å². The SMILES string of the molecule is CCCC(=O)Oc1ccc(C(C(C)COC(=O)OC(C)C(C)C)[C@H](N)C(=O)O)cc1OC(=O)CCC. The van der Waals surface area contributed by atoms with Crippen molar-refractivity contribution in [2.24, 2.45) is 17.6 Å². The number of nitrogens with two attached hydrogens (primary N) is 1. The van der Waals surface area contributed by atoms with Crippen LogP contribution in [0.25, 0.3) is 0 Å². The van der Waals surface area contributed by atoms with E-state index in [0.29, 0.717) is 18.4 Å². The van der Waals surface area contributed by atoms with Crippen LogP contribution in [-0.2, 0) is 23.9 Å². The van der Waals surface area contributed by atoms with Crippen molar-refractivity contribution < 1.29 is 43.2 Å². The number of hydrogen-bond acceptors (Lipinski definition) is 9. The van der Waals surface area contributed by atoms with E-state index in [1.165, 1.54) is 12.1 Å². The molecule has 0 aromatic heterocycles. The zero-order valence-corrected chi connectivity index (χ0v) is 21.9. The molecule has 0 fully saturated rings. The minimum atomic E-state index is -1.36. The van der Waals surface area contributed by atoms with E-state index in [2.05, 4.69) is 0 Å². The van der Waals surface area contributed by atoms with Crippen molar-refractivity contribution in [3.05, 3.63) is 23.8 Å². The minimum Gasteiger partial charge on any atom is -0.480 e. The molecule has 3 unspecified atom stereocenters. The fraction of sp³-hybridized carbons (Fsp3) is 0.615. The lowest BCUT2D eigenvalue weighted by Gasteiger charge is -2.28. The van der Waals surface area contributed by atoms with Gasteiger partial charge in [0, 0.05) is 18.8 Å². The van der Waals surface area contributed by atoms with Crippen LogP contribution in [0, 0.1) is 11.8 Å². The Morgan fingerprint density at radius 3 is 1.97 bits per heavy atom. The topological polar surface area (TPSA) is 151 Å². The van der Waals surface area contributed by atoms with Crippen molar-refractivity contribution >= 4 is 24.1 Å². The zero-order valence-electron chi connectivity index (χ0n) is 21.9. The van der Waals surface area contributed by atoms with Crippen LogP contribution in [0.15, 0.2) is 18.2 Å². The summed E-state index contributed by atoms with van der Waals surface area (Å²) in [6.07, 6.45) is 0.233. The molecule has 10 nitrogen and oxygen atoms in total. The summed E-state index contributed by atoms with van der Waals surface area (Å²) in [6, 6.07) is 3.06. The van der Waals surface area contributed by atoms with Crippen molar-refractivity contribution in [3.63, 3.8) is 0 Å². The predicted molar refractivity (Wildman–Crippen MR) is 132 cm³/mol. The van der Waals surface area contributed by atoms with Gasteiger partial charge < -0.3 is 29.8 Å². The summed E-state index contributed by atoms with van der Waals surface area (Å²) < 4.78 is 21.2. The van der Waals surface area contributed by atoms with E-state index in [1.807, 2.05) is 27.7 Å². The van der Waals surface area contributed by atoms with Crippen molar-refractivity contribution in [3.8, 4) is 11.5 Å². The smallest absolute Gasteiger partial charge is 0.480 e. The lowest BCUT2D eigenvalue weighted by Crippen LogP contribution is -2.40. The maximum Gasteiger partial charge on any atom is 0.508 e. The second kappa shape index (κ2) is 15.1. The fourth-order valence-electron chi connectivity index (χ4n) is 3.32. The number of benzene rings is 1. The molecular weight excluding hydrogens is 470 g/mol. The second-order valence-electron chi connectivity index (χ2n) is 9.15. The van der Waals surface area contributed by atoms with Gasteiger partial charge in [0.25, 0.3) is 0 Å². The lowest BCUT2D eigenvalue weighted by atomic mass is 9.82. The Morgan fingerprint density at radius 1 is 0.917 bits per heavy atom. The van der Waals surface area contributed by atoms with Crippen LogP contribution in [0.1, 0.15) is 78.7 Å². The van der Waals surface area contributed by atoms with E-state index in [-0.39, 0.29) is 43.0 Å². The highest BCUT2D eigenvalue weighted by Gasteiger charge is 2.33. The maximum absolute atomic E-state index is 12.2. The van der Waals surface area contributed by atoms with Crippen molar-refractivity contribution in [1.29, 1.82) is 0 Å². The van der Waals surface area contributed by atoms with Crippen LogP contribution in [0.4, 0.5) is 4.79 Å². The van der Waals surface area contributed by atoms with Gasteiger partial charge >= 0.3 is 24.1 Å². The number of rotatable bonds is 14. The van der Waals surface area contributed by atoms with Gasteiger partial charge in [-0.05, 0) is 49.3 Å². The second-order valence-corrected chi connectivity index (χ2v) is 9.15. The van der Waals surface area contributed by atoms with Crippen LogP contribution in [0.2, 0.25) is 0 Å². The van der Waals surface area contributed by atoms with Gasteiger partial charge in [0.15, 0.2) is 11.5 Å². The molecule has 0 spiro atoms. The normalized spacial score (nSPS) is 14.3. The van der Waals surface area contributed by atoms with Crippen molar-refractivity contribution in [2.75, 3.05) is 6.61 Å². The summed E-state index contributed by atoms with van der Waals surface area (Å²) in [5, 5.41) is 9.63. The fourth-order valence-corrected chi connectivity index (χ4v) is 3.32. The standard InChI is InChI=1S/C26H39NO9/c1-7-9-21(28)35-19-12-11-18(13-20(19)36-22(29)10-8-2)23(24(27)25(30)31)16(5)14-33-26(32)34-17(6)15(3)4/h11-13,15-17,23-24H,7-10,14,27H2,1-6H3,(H,30,31)/t16?,17?,23?,24-/m0/s1. The van der Waals surface area contributed by atoms with Crippen LogP contribution in [-0.4, -0.2) is 47.9 Å². The number of aliphatic carboxylic acids is 1. The Kier molecular flexibility index (Phi) is 12.9. The summed E-state index contributed by atoms with van der Waals surface area (Å²) in [5.41, 5.74) is 6.43. The molecule has 0 aliphatic carbocycles. The van der Waals surface area contributed by atoms with Gasteiger partial charge in [-0.1, -0.05) is 40.7 Å².